The summed E-state index contributed by atoms with van der Waals surface area (Å²) in [7, 11) is -3.47. The first kappa shape index (κ1) is 19.3. The molecule has 134 valence electrons. The fourth-order valence-corrected chi connectivity index (χ4v) is 3.14. The van der Waals surface area contributed by atoms with E-state index in [4.69, 9.17) is 11.6 Å². The van der Waals surface area contributed by atoms with Crippen molar-refractivity contribution in [1.29, 1.82) is 0 Å². The largest absolute Gasteiger partial charge is 0.350 e. The Labute approximate surface area is 153 Å². The van der Waals surface area contributed by atoms with E-state index in [9.17, 15) is 13.2 Å². The van der Waals surface area contributed by atoms with Crippen LogP contribution in [0.3, 0.4) is 0 Å². The van der Waals surface area contributed by atoms with Gasteiger partial charge in [0, 0.05) is 11.6 Å². The molecule has 0 bridgehead atoms. The molecule has 0 aliphatic rings. The Balaban J connectivity index is 1.99. The summed E-state index contributed by atoms with van der Waals surface area (Å²) in [5.41, 5.74) is 1.76. The number of aryl methyl sites for hydroxylation is 1. The zero-order valence-corrected chi connectivity index (χ0v) is 15.7. The Morgan fingerprint density at radius 3 is 2.48 bits per heavy atom. The second-order valence-electron chi connectivity index (χ2n) is 5.97. The number of rotatable bonds is 7. The van der Waals surface area contributed by atoms with Crippen molar-refractivity contribution < 1.29 is 13.2 Å². The average Bonchev–Trinajstić information content (AvgIpc) is 2.54. The van der Waals surface area contributed by atoms with Crippen LogP contribution in [-0.4, -0.2) is 26.6 Å². The summed E-state index contributed by atoms with van der Waals surface area (Å²) in [6, 6.07) is 14.5. The summed E-state index contributed by atoms with van der Waals surface area (Å²) in [5, 5.41) is 3.15. The fourth-order valence-electron chi connectivity index (χ4n) is 2.35. The molecular weight excluding hydrogens is 360 g/mol. The van der Waals surface area contributed by atoms with Crippen LogP contribution >= 0.6 is 11.6 Å². The summed E-state index contributed by atoms with van der Waals surface area (Å²) >= 11 is 5.97. The van der Waals surface area contributed by atoms with Gasteiger partial charge in [0.05, 0.1) is 17.0 Å². The minimum absolute atomic E-state index is 0.0188. The number of carbonyl (C=O) groups is 1. The van der Waals surface area contributed by atoms with Gasteiger partial charge in [0.1, 0.15) is 0 Å². The molecule has 0 aromatic heterocycles. The maximum absolute atomic E-state index is 12.4. The second kappa shape index (κ2) is 8.36. The molecule has 25 heavy (non-hydrogen) atoms. The van der Waals surface area contributed by atoms with Gasteiger partial charge < -0.3 is 5.32 Å². The van der Waals surface area contributed by atoms with Gasteiger partial charge in [-0.2, -0.15) is 0 Å². The number of amides is 1. The van der Waals surface area contributed by atoms with E-state index in [0.717, 1.165) is 19.1 Å². The highest BCUT2D eigenvalue weighted by molar-refractivity contribution is 7.92. The lowest BCUT2D eigenvalue weighted by Crippen LogP contribution is -2.33. The van der Waals surface area contributed by atoms with Gasteiger partial charge in [-0.25, -0.2) is 8.42 Å². The molecule has 0 heterocycles. The van der Waals surface area contributed by atoms with Gasteiger partial charge >= 0.3 is 0 Å². The topological polar surface area (TPSA) is 75.3 Å². The predicted octanol–water partition coefficient (Wildman–Crippen LogP) is 3.46. The Morgan fingerprint density at radius 2 is 1.84 bits per heavy atom. The first-order chi connectivity index (χ1) is 11.7. The average molecular weight is 381 g/mol. The first-order valence-corrected chi connectivity index (χ1v) is 10.1. The highest BCUT2D eigenvalue weighted by Crippen LogP contribution is 2.24. The zero-order chi connectivity index (χ0) is 18.4. The number of hydrogen-bond acceptors (Lipinski definition) is 3. The summed E-state index contributed by atoms with van der Waals surface area (Å²) < 4.78 is 25.0. The van der Waals surface area contributed by atoms with Crippen LogP contribution in [0.1, 0.15) is 29.3 Å². The molecule has 7 heteroatoms. The zero-order valence-electron chi connectivity index (χ0n) is 14.1. The lowest BCUT2D eigenvalue weighted by Gasteiger charge is -2.15. The number of hydrogen-bond donors (Lipinski definition) is 2. The maximum atomic E-state index is 12.4. The van der Waals surface area contributed by atoms with Crippen molar-refractivity contribution in [3.63, 3.8) is 0 Å². The van der Waals surface area contributed by atoms with Crippen molar-refractivity contribution in [1.82, 2.24) is 5.32 Å². The normalized spacial score (nSPS) is 12.4. The van der Waals surface area contributed by atoms with E-state index in [1.807, 2.05) is 25.1 Å². The number of sulfonamides is 1. The lowest BCUT2D eigenvalue weighted by molar-refractivity contribution is 0.0938. The second-order valence-corrected chi connectivity index (χ2v) is 8.12. The van der Waals surface area contributed by atoms with Crippen molar-refractivity contribution in [2.75, 3.05) is 11.0 Å². The van der Waals surface area contributed by atoms with Crippen molar-refractivity contribution in [3.8, 4) is 0 Å². The highest BCUT2D eigenvalue weighted by Gasteiger charge is 2.13. The number of carbonyl (C=O) groups excluding carboxylic acids is 1. The van der Waals surface area contributed by atoms with Crippen molar-refractivity contribution in [2.45, 2.75) is 25.8 Å². The van der Waals surface area contributed by atoms with E-state index < -0.39 is 10.0 Å². The summed E-state index contributed by atoms with van der Waals surface area (Å²) in [6.45, 7) is 1.94. The Morgan fingerprint density at radius 1 is 1.16 bits per heavy atom. The molecule has 0 aliphatic carbocycles. The number of halogens is 1. The maximum Gasteiger partial charge on any atom is 0.251 e. The monoisotopic (exact) mass is 380 g/mol. The minimum Gasteiger partial charge on any atom is -0.350 e. The van der Waals surface area contributed by atoms with Gasteiger partial charge in [-0.05, 0) is 43.5 Å². The molecule has 0 spiro atoms. The molecule has 0 radical (unpaired) electrons. The Hall–Kier alpha value is -2.05. The molecule has 2 rings (SSSR count). The molecule has 0 saturated carbocycles. The molecule has 5 nitrogen and oxygen atoms in total. The van der Waals surface area contributed by atoms with Crippen LogP contribution in [-0.2, 0) is 16.4 Å². The van der Waals surface area contributed by atoms with E-state index in [0.29, 0.717) is 5.56 Å². The highest BCUT2D eigenvalue weighted by atomic mass is 35.5. The third kappa shape index (κ3) is 6.40. The van der Waals surface area contributed by atoms with Crippen LogP contribution in [0.5, 0.6) is 0 Å². The van der Waals surface area contributed by atoms with Crippen molar-refractivity contribution in [3.05, 3.63) is 64.7 Å². The molecule has 2 aromatic carbocycles. The third-order valence-electron chi connectivity index (χ3n) is 3.61. The molecule has 2 aromatic rings. The van der Waals surface area contributed by atoms with Gasteiger partial charge in [-0.1, -0.05) is 41.9 Å². The van der Waals surface area contributed by atoms with Crippen molar-refractivity contribution in [2.24, 2.45) is 0 Å². The molecule has 0 unspecified atom stereocenters. The van der Waals surface area contributed by atoms with Crippen molar-refractivity contribution >= 4 is 33.2 Å². The standard InChI is InChI=1S/C18H21ClN2O3S/c1-13(8-9-14-6-4-3-5-7-14)20-18(22)15-10-11-16(19)17(12-15)21-25(2,23)24/h3-7,10-13,21H,8-9H2,1-2H3,(H,20,22)/t13-/m1/s1. The van der Waals surface area contributed by atoms with Gasteiger partial charge in [0.2, 0.25) is 10.0 Å². The third-order valence-corrected chi connectivity index (χ3v) is 4.53. The number of nitrogens with one attached hydrogen (secondary N) is 2. The first-order valence-electron chi connectivity index (χ1n) is 7.87. The SMILES string of the molecule is C[C@H](CCc1ccccc1)NC(=O)c1ccc(Cl)c(NS(C)(=O)=O)c1. The van der Waals surface area contributed by atoms with E-state index in [1.54, 1.807) is 6.07 Å². The van der Waals surface area contributed by atoms with E-state index >= 15 is 0 Å². The molecular formula is C18H21ClN2O3S. The molecule has 0 fully saturated rings. The summed E-state index contributed by atoms with van der Waals surface area (Å²) in [4.78, 5) is 12.4. The quantitative estimate of drug-likeness (QED) is 0.772. The van der Waals surface area contributed by atoms with Crippen LogP contribution < -0.4 is 10.0 Å². The van der Waals surface area contributed by atoms with Crippen LogP contribution in [0, 0.1) is 0 Å². The van der Waals surface area contributed by atoms with Crippen LogP contribution in [0.25, 0.3) is 0 Å². The Kier molecular flexibility index (Phi) is 6.45. The number of anilines is 1. The lowest BCUT2D eigenvalue weighted by atomic mass is 10.1. The van der Waals surface area contributed by atoms with Gasteiger partial charge in [0.15, 0.2) is 0 Å². The van der Waals surface area contributed by atoms with Gasteiger partial charge in [-0.3, -0.25) is 9.52 Å². The predicted molar refractivity (Wildman–Crippen MR) is 102 cm³/mol. The molecule has 1 amide bonds. The van der Waals surface area contributed by atoms with Crippen LogP contribution in [0.2, 0.25) is 5.02 Å². The minimum atomic E-state index is -3.47. The molecule has 2 N–H and O–H groups in total. The number of benzene rings is 2. The van der Waals surface area contributed by atoms with E-state index in [2.05, 4.69) is 22.2 Å². The van der Waals surface area contributed by atoms with E-state index in [1.165, 1.54) is 17.7 Å². The van der Waals surface area contributed by atoms with E-state index in [-0.39, 0.29) is 22.7 Å². The fraction of sp³-hybridized carbons (Fsp3) is 0.278. The smallest absolute Gasteiger partial charge is 0.251 e. The molecule has 1 atom stereocenters. The van der Waals surface area contributed by atoms with Gasteiger partial charge in [0.25, 0.3) is 5.91 Å². The van der Waals surface area contributed by atoms with Gasteiger partial charge in [-0.15, -0.1) is 0 Å². The molecule has 0 saturated heterocycles. The Bertz CT molecular complexity index is 839. The van der Waals surface area contributed by atoms with Crippen LogP contribution in [0.15, 0.2) is 48.5 Å². The molecule has 0 aliphatic heterocycles. The van der Waals surface area contributed by atoms with Crippen LogP contribution in [0.4, 0.5) is 5.69 Å². The summed E-state index contributed by atoms with van der Waals surface area (Å²) in [5.74, 6) is -0.270. The summed E-state index contributed by atoms with van der Waals surface area (Å²) in [6.07, 6.45) is 2.70.